The summed E-state index contributed by atoms with van der Waals surface area (Å²) in [7, 11) is 0. The van der Waals surface area contributed by atoms with Gasteiger partial charge in [0.2, 0.25) is 0 Å². The predicted octanol–water partition coefficient (Wildman–Crippen LogP) is 2.56. The van der Waals surface area contributed by atoms with Gasteiger partial charge >= 0.3 is 182 Å². The monoisotopic (exact) mass is 776 g/mol. The van der Waals surface area contributed by atoms with Crippen LogP contribution in [0.3, 0.4) is 0 Å². The quantitative estimate of drug-likeness (QED) is 0.302. The van der Waals surface area contributed by atoms with E-state index in [0.717, 1.165) is 28.9 Å². The summed E-state index contributed by atoms with van der Waals surface area (Å²) >= 11 is 9.31. The second kappa shape index (κ2) is 8.49. The first-order chi connectivity index (χ1) is 9.54. The van der Waals surface area contributed by atoms with E-state index in [1.807, 2.05) is 0 Å². The molecule has 20 heavy (non-hydrogen) atoms. The SMILES string of the molecule is CC(CC1SC1[TeH])C1C[Te]CC(C(C)CC2SC2[TeH])[Te]1. The Bertz CT molecular complexity index is 313. The molecule has 3 aliphatic rings. The first kappa shape index (κ1) is 18.6. The van der Waals surface area contributed by atoms with E-state index in [4.69, 9.17) is 0 Å². The summed E-state index contributed by atoms with van der Waals surface area (Å²) in [6.45, 7) is 5.21. The molecule has 3 saturated heterocycles. The second-order valence-corrected chi connectivity index (χ2v) is 21.6. The molecule has 0 N–H and O–H groups in total. The standard InChI is InChI=1S/C14H24S2Te4/c1-7(3-9-13(17)15-9)11-5-19-6-12(20-11)8(2)4-10-14(18)16-10/h7-14,17-18H,3-6H2,1-2H3. The third-order valence-corrected chi connectivity index (χ3v) is 25.1. The van der Waals surface area contributed by atoms with Gasteiger partial charge in [0.25, 0.3) is 0 Å². The zero-order valence-electron chi connectivity index (χ0n) is 12.0. The molecule has 0 amide bonds. The van der Waals surface area contributed by atoms with E-state index in [1.165, 1.54) is 7.93 Å². The topological polar surface area (TPSA) is 0 Å². The molecule has 3 heterocycles. The summed E-state index contributed by atoms with van der Waals surface area (Å²) in [6.07, 6.45) is 3.12. The van der Waals surface area contributed by atoms with Crippen LogP contribution in [0.5, 0.6) is 0 Å². The summed E-state index contributed by atoms with van der Waals surface area (Å²) in [4.78, 5) is 0. The molecule has 0 aromatic heterocycles. The molecule has 6 heteroatoms. The van der Waals surface area contributed by atoms with Gasteiger partial charge in [-0.25, -0.2) is 0 Å². The van der Waals surface area contributed by atoms with Gasteiger partial charge in [-0.2, -0.15) is 0 Å². The summed E-state index contributed by atoms with van der Waals surface area (Å²) in [5.41, 5.74) is 0. The molecule has 0 bridgehead atoms. The summed E-state index contributed by atoms with van der Waals surface area (Å²) in [6, 6.07) is 0. The fraction of sp³-hybridized carbons (Fsp3) is 1.00. The molecule has 0 spiro atoms. The van der Waals surface area contributed by atoms with Gasteiger partial charge in [-0.15, -0.1) is 0 Å². The fourth-order valence-corrected chi connectivity index (χ4v) is 22.0. The molecular weight excluding hydrogens is 743 g/mol. The Morgan fingerprint density at radius 1 is 0.950 bits per heavy atom. The minimum absolute atomic E-state index is 0.288. The van der Waals surface area contributed by atoms with Crippen LogP contribution in [0.25, 0.3) is 0 Å². The van der Waals surface area contributed by atoms with Gasteiger partial charge in [0.15, 0.2) is 0 Å². The molecule has 0 saturated carbocycles. The Kier molecular flexibility index (Phi) is 7.92. The fourth-order valence-electron chi connectivity index (χ4n) is 2.85. The van der Waals surface area contributed by atoms with Crippen LogP contribution in [0.15, 0.2) is 0 Å². The zero-order chi connectivity index (χ0) is 14.3. The summed E-state index contributed by atoms with van der Waals surface area (Å²) in [5, 5.41) is 2.13. The van der Waals surface area contributed by atoms with Crippen molar-refractivity contribution in [1.29, 1.82) is 0 Å². The average Bonchev–Trinajstić information content (AvgIpc) is 3.31. The van der Waals surface area contributed by atoms with Crippen LogP contribution in [0.2, 0.25) is 16.9 Å². The Morgan fingerprint density at radius 2 is 1.35 bits per heavy atom. The molecule has 0 aromatic carbocycles. The molecule has 0 radical (unpaired) electrons. The minimum atomic E-state index is 0.288. The molecule has 8 atom stereocenters. The van der Waals surface area contributed by atoms with Crippen molar-refractivity contribution in [2.45, 2.75) is 60.7 Å². The molecule has 3 rings (SSSR count). The van der Waals surface area contributed by atoms with Crippen molar-refractivity contribution < 1.29 is 0 Å². The van der Waals surface area contributed by atoms with Gasteiger partial charge in [-0.1, -0.05) is 0 Å². The molecule has 0 aliphatic carbocycles. The average molecular weight is 767 g/mol. The Morgan fingerprint density at radius 3 is 1.70 bits per heavy atom. The van der Waals surface area contributed by atoms with E-state index >= 15 is 0 Å². The first-order valence-electron chi connectivity index (χ1n) is 7.45. The van der Waals surface area contributed by atoms with Crippen molar-refractivity contribution in [2.24, 2.45) is 11.8 Å². The molecular formula is C14H24S2Te4. The van der Waals surface area contributed by atoms with E-state index in [0.29, 0.717) is 20.9 Å². The number of hydrogen-bond donors (Lipinski definition) is 0. The van der Waals surface area contributed by atoms with Crippen molar-refractivity contribution in [3.05, 3.63) is 0 Å². The third-order valence-electron chi connectivity index (χ3n) is 4.50. The van der Waals surface area contributed by atoms with Crippen LogP contribution in [-0.2, 0) is 0 Å². The van der Waals surface area contributed by atoms with E-state index in [2.05, 4.69) is 82.0 Å². The van der Waals surface area contributed by atoms with Crippen LogP contribution in [-0.4, -0.2) is 104 Å². The van der Waals surface area contributed by atoms with Crippen molar-refractivity contribution in [3.63, 3.8) is 0 Å². The zero-order valence-corrected chi connectivity index (χ0v) is 23.4. The van der Waals surface area contributed by atoms with Crippen LogP contribution in [0, 0.1) is 11.8 Å². The van der Waals surface area contributed by atoms with Crippen molar-refractivity contribution in [1.82, 2.24) is 0 Å². The van der Waals surface area contributed by atoms with Gasteiger partial charge in [0.1, 0.15) is 0 Å². The summed E-state index contributed by atoms with van der Waals surface area (Å²) < 4.78 is 7.97. The molecule has 116 valence electrons. The van der Waals surface area contributed by atoms with Crippen molar-refractivity contribution >= 4 is 110 Å². The second-order valence-electron chi connectivity index (χ2n) is 6.31. The molecule has 8 unspecified atom stereocenters. The normalized spacial score (nSPS) is 46.8. The van der Waals surface area contributed by atoms with Gasteiger partial charge in [0, 0.05) is 0 Å². The Hall–Kier alpha value is 3.86. The molecule has 0 aromatic rings. The van der Waals surface area contributed by atoms with Gasteiger partial charge in [0.05, 0.1) is 0 Å². The Balaban J connectivity index is 1.45. The number of rotatable bonds is 6. The summed E-state index contributed by atoms with van der Waals surface area (Å²) in [5.74, 6) is 2.15. The maximum absolute atomic E-state index is 2.60. The van der Waals surface area contributed by atoms with E-state index in [9.17, 15) is 0 Å². The van der Waals surface area contributed by atoms with Gasteiger partial charge in [-0.3, -0.25) is 0 Å². The third kappa shape index (κ3) is 5.43. The van der Waals surface area contributed by atoms with E-state index in [1.54, 1.807) is 21.8 Å². The van der Waals surface area contributed by atoms with Crippen LogP contribution in [0.1, 0.15) is 26.7 Å². The van der Waals surface area contributed by atoms with Crippen LogP contribution in [0.4, 0.5) is 0 Å². The van der Waals surface area contributed by atoms with Crippen molar-refractivity contribution in [2.75, 3.05) is 0 Å². The number of hydrogen-bond acceptors (Lipinski definition) is 2. The molecule has 0 nitrogen and oxygen atoms in total. The number of thioether (sulfide) groups is 2. The van der Waals surface area contributed by atoms with Crippen LogP contribution < -0.4 is 0 Å². The van der Waals surface area contributed by atoms with Gasteiger partial charge < -0.3 is 0 Å². The first-order valence-corrected chi connectivity index (χ1v) is 18.3. The Labute approximate surface area is 179 Å². The predicted molar refractivity (Wildman–Crippen MR) is 101 cm³/mol. The maximum atomic E-state index is 2.60. The van der Waals surface area contributed by atoms with Gasteiger partial charge in [-0.05, 0) is 0 Å². The van der Waals surface area contributed by atoms with Crippen molar-refractivity contribution in [3.8, 4) is 0 Å². The van der Waals surface area contributed by atoms with Crippen LogP contribution >= 0.6 is 23.5 Å². The van der Waals surface area contributed by atoms with E-state index in [-0.39, 0.29) is 20.9 Å². The molecule has 3 fully saturated rings. The van der Waals surface area contributed by atoms with E-state index < -0.39 is 0 Å². The molecule has 3 aliphatic heterocycles.